The summed E-state index contributed by atoms with van der Waals surface area (Å²) in [5.74, 6) is -0.104. The molecule has 0 spiro atoms. The Hall–Kier alpha value is -4.17. The number of aliphatic hydroxyl groups is 1. The molecule has 47 heavy (non-hydrogen) atoms. The van der Waals surface area contributed by atoms with Gasteiger partial charge in [-0.1, -0.05) is 75.7 Å². The standard InChI is InChI=1S/C36H52N2O9/c1-4-6-8-11-14-17-28(39)18-15-12-9-10-13-16-19-30(36(45,35(43)44)26-32(37)40)33(41)38-31(34(42)46-3)25-27-20-22-29(23-21-27)47-24-7-5-2/h16,19-23,30-31,45H,4,6,8-15,17-18,24-26H2,1-3H3,(H2,37,40)(H,38,41)(H,43,44)/t30-,31+,36+/m1/s1. The Morgan fingerprint density at radius 3 is 2.15 bits per heavy atom. The predicted octanol–water partition coefficient (Wildman–Crippen LogP) is 4.42. The van der Waals surface area contributed by atoms with Crippen LogP contribution in [0.15, 0.2) is 36.4 Å². The Kier molecular flexibility index (Phi) is 20.2. The summed E-state index contributed by atoms with van der Waals surface area (Å²) in [4.78, 5) is 62.1. The lowest BCUT2D eigenvalue weighted by atomic mass is 9.82. The molecule has 0 unspecified atom stereocenters. The first-order chi connectivity index (χ1) is 22.5. The number of esters is 1. The van der Waals surface area contributed by atoms with E-state index in [4.69, 9.17) is 15.2 Å². The number of unbranched alkanes of at least 4 members (excludes halogenated alkanes) is 8. The van der Waals surface area contributed by atoms with E-state index in [1.54, 1.807) is 37.3 Å². The van der Waals surface area contributed by atoms with Gasteiger partial charge in [0, 0.05) is 19.3 Å². The molecule has 260 valence electrons. The number of primary amides is 1. The average molecular weight is 657 g/mol. The number of ether oxygens (including phenoxy) is 2. The van der Waals surface area contributed by atoms with Crippen molar-refractivity contribution in [3.05, 3.63) is 42.0 Å². The smallest absolute Gasteiger partial charge is 0.337 e. The van der Waals surface area contributed by atoms with E-state index in [0.29, 0.717) is 37.0 Å². The molecule has 0 bridgehead atoms. The third-order valence-electron chi connectivity index (χ3n) is 7.73. The molecular weight excluding hydrogens is 604 g/mol. The Morgan fingerprint density at radius 1 is 0.979 bits per heavy atom. The molecule has 0 aliphatic carbocycles. The van der Waals surface area contributed by atoms with Crippen molar-refractivity contribution in [1.29, 1.82) is 0 Å². The van der Waals surface area contributed by atoms with Crippen LogP contribution in [0.3, 0.4) is 0 Å². The molecule has 0 aliphatic heterocycles. The second-order valence-corrected chi connectivity index (χ2v) is 11.6. The van der Waals surface area contributed by atoms with E-state index >= 15 is 0 Å². The second-order valence-electron chi connectivity index (χ2n) is 11.6. The fraction of sp³-hybridized carbons (Fsp3) is 0.583. The number of aliphatic carboxylic acids is 1. The predicted molar refractivity (Wildman–Crippen MR) is 178 cm³/mol. The number of benzene rings is 1. The molecule has 2 amide bonds. The third-order valence-corrected chi connectivity index (χ3v) is 7.73. The van der Waals surface area contributed by atoms with Crippen LogP contribution in [0.1, 0.15) is 103 Å². The van der Waals surface area contributed by atoms with Crippen molar-refractivity contribution in [2.24, 2.45) is 11.7 Å². The molecule has 0 heterocycles. The summed E-state index contributed by atoms with van der Waals surface area (Å²) in [6.07, 6.45) is 12.1. The van der Waals surface area contributed by atoms with Crippen LogP contribution in [-0.4, -0.2) is 65.1 Å². The molecule has 11 nitrogen and oxygen atoms in total. The molecule has 1 aromatic carbocycles. The number of methoxy groups -OCH3 is 1. The molecule has 0 fully saturated rings. The number of carbonyl (C=O) groups is 5. The highest BCUT2D eigenvalue weighted by Gasteiger charge is 2.48. The van der Waals surface area contributed by atoms with E-state index in [1.165, 1.54) is 25.3 Å². The molecule has 5 N–H and O–H groups in total. The van der Waals surface area contributed by atoms with E-state index < -0.39 is 47.7 Å². The van der Waals surface area contributed by atoms with Crippen molar-refractivity contribution < 1.29 is 43.7 Å². The molecular formula is C36H52N2O9. The fourth-order valence-corrected chi connectivity index (χ4v) is 5.01. The minimum absolute atomic E-state index is 0.00737. The van der Waals surface area contributed by atoms with Crippen LogP contribution < -0.4 is 15.8 Å². The van der Waals surface area contributed by atoms with Gasteiger partial charge in [-0.05, 0) is 50.3 Å². The van der Waals surface area contributed by atoms with Crippen LogP contribution in [0.25, 0.3) is 0 Å². The summed E-state index contributed by atoms with van der Waals surface area (Å²) in [5, 5.41) is 23.4. The second kappa shape index (κ2) is 23.2. The summed E-state index contributed by atoms with van der Waals surface area (Å²) in [6.45, 7) is 4.07. The zero-order valence-electron chi connectivity index (χ0n) is 28.1. The first-order valence-electron chi connectivity index (χ1n) is 16.4. The summed E-state index contributed by atoms with van der Waals surface area (Å²) >= 11 is 0. The van der Waals surface area contributed by atoms with E-state index in [2.05, 4.69) is 24.1 Å². The maximum absolute atomic E-state index is 13.5. The number of rotatable bonds is 25. The van der Waals surface area contributed by atoms with Crippen LogP contribution in [0.5, 0.6) is 5.75 Å². The zero-order valence-corrected chi connectivity index (χ0v) is 28.1. The van der Waals surface area contributed by atoms with Crippen LogP contribution in [-0.2, 0) is 35.1 Å². The van der Waals surface area contributed by atoms with E-state index in [-0.39, 0.29) is 18.8 Å². The van der Waals surface area contributed by atoms with E-state index in [0.717, 1.165) is 39.2 Å². The number of ketones is 1. The fourth-order valence-electron chi connectivity index (χ4n) is 5.01. The van der Waals surface area contributed by atoms with Gasteiger partial charge in [0.15, 0.2) is 5.60 Å². The van der Waals surface area contributed by atoms with Gasteiger partial charge in [0.2, 0.25) is 11.8 Å². The van der Waals surface area contributed by atoms with Gasteiger partial charge >= 0.3 is 11.9 Å². The molecule has 0 radical (unpaired) electrons. The minimum atomic E-state index is -2.86. The number of allylic oxidation sites excluding steroid dienone is 1. The topological polar surface area (TPSA) is 182 Å². The molecule has 1 rings (SSSR count). The Morgan fingerprint density at radius 2 is 1.60 bits per heavy atom. The molecule has 0 saturated heterocycles. The Balaban J connectivity index is 2.89. The maximum Gasteiger partial charge on any atom is 0.337 e. The van der Waals surface area contributed by atoms with Crippen LogP contribution >= 0.6 is 0 Å². The quantitative estimate of drug-likeness (QED) is 0.0512. The number of carboxylic acids is 1. The molecule has 3 atom stereocenters. The third kappa shape index (κ3) is 16.3. The van der Waals surface area contributed by atoms with Gasteiger partial charge in [-0.15, -0.1) is 5.92 Å². The molecule has 0 aromatic heterocycles. The number of hydrogen-bond donors (Lipinski definition) is 4. The lowest BCUT2D eigenvalue weighted by Gasteiger charge is -2.30. The first-order valence-corrected chi connectivity index (χ1v) is 16.4. The van der Waals surface area contributed by atoms with Crippen molar-refractivity contribution in [3.8, 4) is 17.6 Å². The number of Topliss-reactive ketones (excluding diaryl/α,β-unsaturated/α-hetero) is 1. The minimum Gasteiger partial charge on any atom is -0.481 e. The highest BCUT2D eigenvalue weighted by Crippen LogP contribution is 2.26. The van der Waals surface area contributed by atoms with Crippen LogP contribution in [0, 0.1) is 17.8 Å². The van der Waals surface area contributed by atoms with Gasteiger partial charge < -0.3 is 30.7 Å². The number of hydrogen-bond acceptors (Lipinski definition) is 8. The van der Waals surface area contributed by atoms with Crippen LogP contribution in [0.2, 0.25) is 0 Å². The van der Waals surface area contributed by atoms with Crippen molar-refractivity contribution in [2.75, 3.05) is 13.7 Å². The maximum atomic E-state index is 13.5. The molecule has 0 aliphatic rings. The van der Waals surface area contributed by atoms with Crippen molar-refractivity contribution >= 4 is 29.5 Å². The molecule has 11 heteroatoms. The molecule has 1 aromatic rings. The average Bonchev–Trinajstić information content (AvgIpc) is 3.03. The lowest BCUT2D eigenvalue weighted by Crippen LogP contribution is -2.56. The number of nitrogens with one attached hydrogen (secondary N) is 1. The van der Waals surface area contributed by atoms with E-state index in [1.807, 2.05) is 0 Å². The van der Waals surface area contributed by atoms with E-state index in [9.17, 15) is 34.2 Å². The van der Waals surface area contributed by atoms with Crippen LogP contribution in [0.4, 0.5) is 0 Å². The van der Waals surface area contributed by atoms with Crippen molar-refractivity contribution in [2.45, 2.75) is 115 Å². The van der Waals surface area contributed by atoms with Gasteiger partial charge in [-0.3, -0.25) is 14.4 Å². The highest BCUT2D eigenvalue weighted by molar-refractivity contribution is 5.95. The van der Waals surface area contributed by atoms with Gasteiger partial charge in [0.1, 0.15) is 24.2 Å². The Labute approximate surface area is 278 Å². The highest BCUT2D eigenvalue weighted by atomic mass is 16.5. The monoisotopic (exact) mass is 656 g/mol. The number of amides is 2. The summed E-state index contributed by atoms with van der Waals surface area (Å²) in [7, 11) is 1.15. The molecule has 0 saturated carbocycles. The summed E-state index contributed by atoms with van der Waals surface area (Å²) in [5.41, 5.74) is 3.02. The van der Waals surface area contributed by atoms with Gasteiger partial charge in [0.25, 0.3) is 0 Å². The zero-order chi connectivity index (χ0) is 35.1. The van der Waals surface area contributed by atoms with Crippen molar-refractivity contribution in [3.63, 3.8) is 0 Å². The summed E-state index contributed by atoms with van der Waals surface area (Å²) in [6, 6.07) is 5.51. The van der Waals surface area contributed by atoms with Gasteiger partial charge in [-0.2, -0.15) is 0 Å². The largest absolute Gasteiger partial charge is 0.481 e. The Bertz CT molecular complexity index is 1230. The normalized spacial score (nSPS) is 13.4. The van der Waals surface area contributed by atoms with Gasteiger partial charge in [-0.25, -0.2) is 9.59 Å². The SMILES string of the molecule is CC#CCOc1ccc(C[C@H](NC(=O)[C@@H](C=CCCCCCCC(=O)CCCCCCC)[C@@](O)(CC(N)=O)C(=O)O)C(=O)OC)cc1. The lowest BCUT2D eigenvalue weighted by molar-refractivity contribution is -0.169. The number of nitrogens with two attached hydrogens (primary N) is 1. The summed E-state index contributed by atoms with van der Waals surface area (Å²) < 4.78 is 10.4. The van der Waals surface area contributed by atoms with Crippen molar-refractivity contribution in [1.82, 2.24) is 5.32 Å². The first kappa shape index (κ1) is 40.9. The van der Waals surface area contributed by atoms with Gasteiger partial charge in [0.05, 0.1) is 19.4 Å². The number of carboxylic acid groups (broad SMARTS) is 1. The number of carbonyl (C=O) groups excluding carboxylic acids is 4.